The van der Waals surface area contributed by atoms with Gasteiger partial charge in [-0.15, -0.1) is 10.2 Å². The van der Waals surface area contributed by atoms with E-state index in [-0.39, 0.29) is 13.2 Å². The van der Waals surface area contributed by atoms with Crippen LogP contribution in [-0.2, 0) is 22.7 Å². The van der Waals surface area contributed by atoms with Gasteiger partial charge in [-0.1, -0.05) is 84.4 Å². The summed E-state index contributed by atoms with van der Waals surface area (Å²) in [6, 6.07) is 25.9. The first-order chi connectivity index (χ1) is 14.2. The Morgan fingerprint density at radius 3 is 2.24 bits per heavy atom. The highest BCUT2D eigenvalue weighted by Crippen LogP contribution is 2.19. The van der Waals surface area contributed by atoms with Crippen LogP contribution in [0.15, 0.2) is 78.9 Å². The SMILES string of the molecule is Cc1ccc(-c2nnn(CC(=O)OCc3ccc(-c4ccccc4)cc3)n2)cc1. The van der Waals surface area contributed by atoms with Crippen LogP contribution in [0.3, 0.4) is 0 Å². The van der Waals surface area contributed by atoms with Crippen LogP contribution in [0.2, 0.25) is 0 Å². The molecule has 0 saturated carbocycles. The van der Waals surface area contributed by atoms with Crippen molar-refractivity contribution in [3.05, 3.63) is 90.0 Å². The number of hydrogen-bond acceptors (Lipinski definition) is 5. The van der Waals surface area contributed by atoms with Crippen LogP contribution in [0.1, 0.15) is 11.1 Å². The van der Waals surface area contributed by atoms with Crippen molar-refractivity contribution in [1.29, 1.82) is 0 Å². The molecule has 0 spiro atoms. The molecule has 4 aromatic rings. The standard InChI is InChI=1S/C23H20N4O2/c1-17-7-11-21(12-8-17)23-24-26-27(25-23)15-22(28)29-16-18-9-13-20(14-10-18)19-5-3-2-4-6-19/h2-14H,15-16H2,1H3. The van der Waals surface area contributed by atoms with E-state index in [4.69, 9.17) is 4.74 Å². The van der Waals surface area contributed by atoms with Gasteiger partial charge >= 0.3 is 5.97 Å². The van der Waals surface area contributed by atoms with Crippen LogP contribution in [0.25, 0.3) is 22.5 Å². The molecule has 0 saturated heterocycles. The lowest BCUT2D eigenvalue weighted by molar-refractivity contribution is -0.146. The smallest absolute Gasteiger partial charge is 0.330 e. The van der Waals surface area contributed by atoms with Crippen molar-refractivity contribution in [2.75, 3.05) is 0 Å². The average molecular weight is 384 g/mol. The Bertz CT molecular complexity index is 1090. The number of ether oxygens (including phenoxy) is 1. The van der Waals surface area contributed by atoms with Crippen molar-refractivity contribution >= 4 is 5.97 Å². The Balaban J connectivity index is 1.32. The van der Waals surface area contributed by atoms with E-state index in [0.717, 1.165) is 27.8 Å². The number of rotatable bonds is 6. The Morgan fingerprint density at radius 2 is 1.52 bits per heavy atom. The van der Waals surface area contributed by atoms with Gasteiger partial charge in [-0.2, -0.15) is 4.80 Å². The number of aromatic nitrogens is 4. The highest BCUT2D eigenvalue weighted by atomic mass is 16.5. The third-order valence-corrected chi connectivity index (χ3v) is 4.49. The number of tetrazole rings is 1. The Morgan fingerprint density at radius 1 is 0.862 bits per heavy atom. The van der Waals surface area contributed by atoms with Crippen LogP contribution in [-0.4, -0.2) is 26.2 Å². The largest absolute Gasteiger partial charge is 0.459 e. The molecule has 4 rings (SSSR count). The van der Waals surface area contributed by atoms with E-state index >= 15 is 0 Å². The summed E-state index contributed by atoms with van der Waals surface area (Å²) >= 11 is 0. The first-order valence-corrected chi connectivity index (χ1v) is 9.32. The van der Waals surface area contributed by atoms with Crippen LogP contribution >= 0.6 is 0 Å². The maximum atomic E-state index is 12.1. The van der Waals surface area contributed by atoms with Gasteiger partial charge in [0.05, 0.1) is 0 Å². The van der Waals surface area contributed by atoms with Gasteiger partial charge in [-0.05, 0) is 28.8 Å². The predicted molar refractivity (Wildman–Crippen MR) is 110 cm³/mol. The average Bonchev–Trinajstić information content (AvgIpc) is 3.22. The molecule has 6 nitrogen and oxygen atoms in total. The summed E-state index contributed by atoms with van der Waals surface area (Å²) in [6.07, 6.45) is 0. The fourth-order valence-electron chi connectivity index (χ4n) is 2.88. The number of hydrogen-bond donors (Lipinski definition) is 0. The fraction of sp³-hybridized carbons (Fsp3) is 0.130. The van der Waals surface area contributed by atoms with Gasteiger partial charge in [0.2, 0.25) is 5.82 Å². The molecule has 0 aliphatic heterocycles. The molecule has 0 aliphatic rings. The van der Waals surface area contributed by atoms with Gasteiger partial charge < -0.3 is 4.74 Å². The summed E-state index contributed by atoms with van der Waals surface area (Å²) in [6.45, 7) is 2.13. The zero-order chi connectivity index (χ0) is 20.1. The van der Waals surface area contributed by atoms with Crippen molar-refractivity contribution in [2.45, 2.75) is 20.1 Å². The number of esters is 1. The van der Waals surface area contributed by atoms with Crippen LogP contribution < -0.4 is 0 Å². The predicted octanol–water partition coefficient (Wildman–Crippen LogP) is 4.06. The first kappa shape index (κ1) is 18.6. The lowest BCUT2D eigenvalue weighted by Gasteiger charge is -2.06. The van der Waals surface area contributed by atoms with Crippen LogP contribution in [0.4, 0.5) is 0 Å². The van der Waals surface area contributed by atoms with Gasteiger partial charge in [0.15, 0.2) is 6.54 Å². The molecule has 29 heavy (non-hydrogen) atoms. The lowest BCUT2D eigenvalue weighted by Crippen LogP contribution is -2.15. The molecule has 1 aromatic heterocycles. The minimum absolute atomic E-state index is 0.0824. The number of aryl methyl sites for hydroxylation is 1. The normalized spacial score (nSPS) is 10.7. The second-order valence-electron chi connectivity index (χ2n) is 6.73. The van der Waals surface area contributed by atoms with Gasteiger partial charge in [0, 0.05) is 5.56 Å². The molecule has 0 unspecified atom stereocenters. The van der Waals surface area contributed by atoms with E-state index in [9.17, 15) is 4.79 Å². The van der Waals surface area contributed by atoms with Crippen molar-refractivity contribution in [2.24, 2.45) is 0 Å². The summed E-state index contributed by atoms with van der Waals surface area (Å²) < 4.78 is 5.34. The molecule has 144 valence electrons. The fourth-order valence-corrected chi connectivity index (χ4v) is 2.88. The molecule has 0 N–H and O–H groups in total. The Labute approximate surface area is 168 Å². The Hall–Kier alpha value is -3.80. The van der Waals surface area contributed by atoms with Gasteiger partial charge in [0.1, 0.15) is 6.61 Å². The number of carbonyl (C=O) groups is 1. The molecule has 0 amide bonds. The molecule has 1 heterocycles. The molecule has 0 atom stereocenters. The third kappa shape index (κ3) is 4.73. The second kappa shape index (κ2) is 8.48. The highest BCUT2D eigenvalue weighted by molar-refractivity contribution is 5.69. The van der Waals surface area contributed by atoms with E-state index in [1.165, 1.54) is 4.80 Å². The van der Waals surface area contributed by atoms with E-state index in [2.05, 4.69) is 27.5 Å². The summed E-state index contributed by atoms with van der Waals surface area (Å²) in [7, 11) is 0. The molecular weight excluding hydrogens is 364 g/mol. The zero-order valence-corrected chi connectivity index (χ0v) is 16.0. The second-order valence-corrected chi connectivity index (χ2v) is 6.73. The topological polar surface area (TPSA) is 69.9 Å². The van der Waals surface area contributed by atoms with E-state index in [1.807, 2.05) is 73.7 Å². The summed E-state index contributed by atoms with van der Waals surface area (Å²) in [5, 5.41) is 12.2. The van der Waals surface area contributed by atoms with E-state index < -0.39 is 5.97 Å². The molecule has 0 fully saturated rings. The van der Waals surface area contributed by atoms with Gasteiger partial charge in [0.25, 0.3) is 0 Å². The summed E-state index contributed by atoms with van der Waals surface area (Å²) in [5.41, 5.74) is 5.20. The van der Waals surface area contributed by atoms with Crippen molar-refractivity contribution in [1.82, 2.24) is 20.2 Å². The molecule has 0 aliphatic carbocycles. The zero-order valence-electron chi connectivity index (χ0n) is 16.0. The number of benzene rings is 3. The maximum absolute atomic E-state index is 12.1. The van der Waals surface area contributed by atoms with Crippen LogP contribution in [0.5, 0.6) is 0 Å². The summed E-state index contributed by atoms with van der Waals surface area (Å²) in [4.78, 5) is 13.4. The quantitative estimate of drug-likeness (QED) is 0.469. The molecule has 0 bridgehead atoms. The van der Waals surface area contributed by atoms with E-state index in [1.54, 1.807) is 0 Å². The minimum Gasteiger partial charge on any atom is -0.459 e. The van der Waals surface area contributed by atoms with E-state index in [0.29, 0.717) is 5.82 Å². The first-order valence-electron chi connectivity index (χ1n) is 9.32. The maximum Gasteiger partial charge on any atom is 0.330 e. The number of nitrogens with zero attached hydrogens (tertiary/aromatic N) is 4. The van der Waals surface area contributed by atoms with Crippen molar-refractivity contribution in [3.63, 3.8) is 0 Å². The monoisotopic (exact) mass is 384 g/mol. The lowest BCUT2D eigenvalue weighted by atomic mass is 10.0. The van der Waals surface area contributed by atoms with Gasteiger partial charge in [-0.25, -0.2) is 4.79 Å². The highest BCUT2D eigenvalue weighted by Gasteiger charge is 2.10. The van der Waals surface area contributed by atoms with Gasteiger partial charge in [-0.3, -0.25) is 0 Å². The van der Waals surface area contributed by atoms with Crippen molar-refractivity contribution in [3.8, 4) is 22.5 Å². The molecule has 6 heteroatoms. The Kier molecular flexibility index (Phi) is 5.42. The minimum atomic E-state index is -0.412. The summed E-state index contributed by atoms with van der Waals surface area (Å²) in [5.74, 6) is 0.0688. The van der Waals surface area contributed by atoms with Crippen molar-refractivity contribution < 1.29 is 9.53 Å². The number of carbonyl (C=O) groups excluding carboxylic acids is 1. The molecule has 0 radical (unpaired) electrons. The third-order valence-electron chi connectivity index (χ3n) is 4.49. The van der Waals surface area contributed by atoms with Crippen LogP contribution in [0, 0.1) is 6.92 Å². The molecular formula is C23H20N4O2. The molecule has 3 aromatic carbocycles.